The molecule has 2 nitrogen and oxygen atoms in total. The predicted octanol–water partition coefficient (Wildman–Crippen LogP) is 3.70. The van der Waals surface area contributed by atoms with Gasteiger partial charge in [0, 0.05) is 9.99 Å². The van der Waals surface area contributed by atoms with E-state index in [0.29, 0.717) is 9.13 Å². The molecule has 0 radical (unpaired) electrons. The molecule has 0 atom stereocenters. The summed E-state index contributed by atoms with van der Waals surface area (Å²) in [6, 6.07) is 3.92. The molecule has 7 heteroatoms. The number of Topliss-reactive ketones (excluding diaryl/α,β-unsaturated/α-hetero) is 1. The molecule has 1 rings (SSSR count). The lowest BCUT2D eigenvalue weighted by atomic mass is 10.1. The van der Waals surface area contributed by atoms with Gasteiger partial charge in [-0.05, 0) is 40.3 Å². The van der Waals surface area contributed by atoms with Crippen molar-refractivity contribution in [1.82, 2.24) is 0 Å². The summed E-state index contributed by atoms with van der Waals surface area (Å²) in [4.78, 5) is 11.2. The average Bonchev–Trinajstić information content (AvgIpc) is 2.19. The van der Waals surface area contributed by atoms with Crippen molar-refractivity contribution < 1.29 is 22.7 Å². The molecule has 0 aliphatic rings. The van der Waals surface area contributed by atoms with E-state index in [-0.39, 0.29) is 23.3 Å². The Morgan fingerprint density at radius 2 is 2.06 bits per heavy atom. The maximum atomic E-state index is 12.0. The Hall–Kier alpha value is -0.310. The van der Waals surface area contributed by atoms with Crippen molar-refractivity contribution in [2.75, 3.05) is 5.33 Å². The largest absolute Gasteiger partial charge is 0.573 e. The molecule has 0 spiro atoms. The summed E-state index contributed by atoms with van der Waals surface area (Å²) < 4.78 is 40.2. The Morgan fingerprint density at radius 1 is 1.41 bits per heavy atom. The molecule has 0 fully saturated rings. The molecule has 0 amide bonds. The van der Waals surface area contributed by atoms with Crippen molar-refractivity contribution in [2.24, 2.45) is 0 Å². The number of alkyl halides is 4. The van der Waals surface area contributed by atoms with Crippen LogP contribution in [-0.4, -0.2) is 17.5 Å². The second kappa shape index (κ2) is 6.03. The molecule has 17 heavy (non-hydrogen) atoms. The zero-order valence-corrected chi connectivity index (χ0v) is 12.1. The summed E-state index contributed by atoms with van der Waals surface area (Å²) >= 11 is 4.90. The van der Waals surface area contributed by atoms with Gasteiger partial charge in [0.1, 0.15) is 11.5 Å². The standard InChI is InChI=1S/C10H7BrF3IO2/c11-5-7(16)3-6-1-2-8(4-9(6)15)17-10(12,13)14/h1-2,4H,3,5H2. The van der Waals surface area contributed by atoms with Crippen LogP contribution in [0.5, 0.6) is 5.75 Å². The van der Waals surface area contributed by atoms with Crippen LogP contribution in [0.15, 0.2) is 18.2 Å². The number of ether oxygens (including phenoxy) is 1. The van der Waals surface area contributed by atoms with Gasteiger partial charge in [0.25, 0.3) is 0 Å². The zero-order valence-electron chi connectivity index (χ0n) is 8.35. The molecular weight excluding hydrogens is 416 g/mol. The van der Waals surface area contributed by atoms with E-state index in [1.54, 1.807) is 0 Å². The SMILES string of the molecule is O=C(CBr)Cc1ccc(OC(F)(F)F)cc1I. The molecule has 0 bridgehead atoms. The van der Waals surface area contributed by atoms with E-state index < -0.39 is 6.36 Å². The van der Waals surface area contributed by atoms with Crippen LogP contribution in [0.25, 0.3) is 0 Å². The van der Waals surface area contributed by atoms with E-state index in [2.05, 4.69) is 20.7 Å². The number of hydrogen-bond donors (Lipinski definition) is 0. The highest BCUT2D eigenvalue weighted by Crippen LogP contribution is 2.26. The second-order valence-electron chi connectivity index (χ2n) is 3.15. The van der Waals surface area contributed by atoms with Gasteiger partial charge in [0.15, 0.2) is 0 Å². The van der Waals surface area contributed by atoms with Gasteiger partial charge in [0.2, 0.25) is 0 Å². The zero-order chi connectivity index (χ0) is 13.1. The first-order chi connectivity index (χ1) is 7.81. The molecule has 1 aromatic carbocycles. The lowest BCUT2D eigenvalue weighted by molar-refractivity contribution is -0.274. The summed E-state index contributed by atoms with van der Waals surface area (Å²) in [7, 11) is 0. The molecule has 94 valence electrons. The molecule has 1 aromatic rings. The fourth-order valence-electron chi connectivity index (χ4n) is 1.13. The topological polar surface area (TPSA) is 26.3 Å². The number of carbonyl (C=O) groups is 1. The molecule has 0 N–H and O–H groups in total. The van der Waals surface area contributed by atoms with Crippen LogP contribution >= 0.6 is 38.5 Å². The Balaban J connectivity index is 2.83. The van der Waals surface area contributed by atoms with Crippen LogP contribution in [0.3, 0.4) is 0 Å². The summed E-state index contributed by atoms with van der Waals surface area (Å²) in [6.07, 6.45) is -4.51. The van der Waals surface area contributed by atoms with E-state index in [4.69, 9.17) is 0 Å². The monoisotopic (exact) mass is 422 g/mol. The molecule has 0 heterocycles. The van der Waals surface area contributed by atoms with Gasteiger partial charge in [-0.1, -0.05) is 22.0 Å². The number of benzene rings is 1. The Bertz CT molecular complexity index is 421. The van der Waals surface area contributed by atoms with Crippen molar-refractivity contribution in [3.63, 3.8) is 0 Å². The minimum atomic E-state index is -4.70. The maximum Gasteiger partial charge on any atom is 0.573 e. The molecule has 0 saturated heterocycles. The fourth-order valence-corrected chi connectivity index (χ4v) is 2.00. The Morgan fingerprint density at radius 3 is 2.53 bits per heavy atom. The normalized spacial score (nSPS) is 11.4. The number of rotatable bonds is 4. The molecular formula is C10H7BrF3IO2. The van der Waals surface area contributed by atoms with Gasteiger partial charge >= 0.3 is 6.36 Å². The summed E-state index contributed by atoms with van der Waals surface area (Å²) in [5, 5.41) is 0.226. The van der Waals surface area contributed by atoms with E-state index >= 15 is 0 Å². The number of carbonyl (C=O) groups excluding carboxylic acids is 1. The van der Waals surface area contributed by atoms with Crippen LogP contribution in [0.4, 0.5) is 13.2 Å². The fraction of sp³-hybridized carbons (Fsp3) is 0.300. The summed E-state index contributed by atoms with van der Waals surface area (Å²) in [6.45, 7) is 0. The van der Waals surface area contributed by atoms with Gasteiger partial charge in [-0.25, -0.2) is 0 Å². The van der Waals surface area contributed by atoms with Crippen molar-refractivity contribution in [3.05, 3.63) is 27.3 Å². The summed E-state index contributed by atoms with van der Waals surface area (Å²) in [5.41, 5.74) is 0.685. The Kier molecular flexibility index (Phi) is 5.23. The maximum absolute atomic E-state index is 12.0. The number of ketones is 1. The van der Waals surface area contributed by atoms with Crippen molar-refractivity contribution in [3.8, 4) is 5.75 Å². The van der Waals surface area contributed by atoms with Gasteiger partial charge in [0.05, 0.1) is 5.33 Å². The highest BCUT2D eigenvalue weighted by atomic mass is 127. The minimum absolute atomic E-state index is 0.0348. The minimum Gasteiger partial charge on any atom is -0.406 e. The lowest BCUT2D eigenvalue weighted by Gasteiger charge is -2.10. The van der Waals surface area contributed by atoms with Crippen molar-refractivity contribution in [2.45, 2.75) is 12.8 Å². The number of halogens is 5. The van der Waals surface area contributed by atoms with E-state index in [9.17, 15) is 18.0 Å². The smallest absolute Gasteiger partial charge is 0.406 e. The molecule has 0 saturated carbocycles. The van der Waals surface area contributed by atoms with Crippen molar-refractivity contribution >= 4 is 44.3 Å². The van der Waals surface area contributed by atoms with Crippen LogP contribution < -0.4 is 4.74 Å². The highest BCUT2D eigenvalue weighted by molar-refractivity contribution is 14.1. The highest BCUT2D eigenvalue weighted by Gasteiger charge is 2.31. The van der Waals surface area contributed by atoms with E-state index in [1.807, 2.05) is 22.6 Å². The third-order valence-corrected chi connectivity index (χ3v) is 3.42. The van der Waals surface area contributed by atoms with Crippen molar-refractivity contribution in [1.29, 1.82) is 0 Å². The third kappa shape index (κ3) is 5.24. The van der Waals surface area contributed by atoms with Crippen LogP contribution in [-0.2, 0) is 11.2 Å². The van der Waals surface area contributed by atoms with Gasteiger partial charge < -0.3 is 4.74 Å². The summed E-state index contributed by atoms with van der Waals surface area (Å²) in [5.74, 6) is -0.315. The molecule has 0 aromatic heterocycles. The lowest BCUT2D eigenvalue weighted by Crippen LogP contribution is -2.17. The molecule has 0 aliphatic carbocycles. The van der Waals surface area contributed by atoms with E-state index in [1.165, 1.54) is 18.2 Å². The quantitative estimate of drug-likeness (QED) is 0.546. The van der Waals surface area contributed by atoms with Crippen LogP contribution in [0, 0.1) is 3.57 Å². The predicted molar refractivity (Wildman–Crippen MR) is 68.3 cm³/mol. The first-order valence-electron chi connectivity index (χ1n) is 4.43. The van der Waals surface area contributed by atoms with Crippen LogP contribution in [0.2, 0.25) is 0 Å². The average molecular weight is 423 g/mol. The Labute approximate surface area is 118 Å². The van der Waals surface area contributed by atoms with E-state index in [0.717, 1.165) is 0 Å². The second-order valence-corrected chi connectivity index (χ2v) is 4.87. The first-order valence-corrected chi connectivity index (χ1v) is 6.63. The van der Waals surface area contributed by atoms with Gasteiger partial charge in [-0.15, -0.1) is 13.2 Å². The number of hydrogen-bond acceptors (Lipinski definition) is 2. The first kappa shape index (κ1) is 14.7. The van der Waals surface area contributed by atoms with Crippen LogP contribution in [0.1, 0.15) is 5.56 Å². The third-order valence-electron chi connectivity index (χ3n) is 1.79. The molecule has 0 aliphatic heterocycles. The van der Waals surface area contributed by atoms with Gasteiger partial charge in [-0.3, -0.25) is 4.79 Å². The van der Waals surface area contributed by atoms with Gasteiger partial charge in [-0.2, -0.15) is 0 Å². The molecule has 0 unspecified atom stereocenters.